The number of halogens is 3. The minimum atomic E-state index is -4.40. The Labute approximate surface area is 115 Å². The number of nitrogens with one attached hydrogen (secondary N) is 1. The van der Waals surface area contributed by atoms with Crippen molar-refractivity contribution in [3.63, 3.8) is 0 Å². The number of hydrogen-bond acceptors (Lipinski definition) is 4. The monoisotopic (exact) mass is 293 g/mol. The van der Waals surface area contributed by atoms with Gasteiger partial charge in [0.2, 0.25) is 0 Å². The zero-order valence-corrected chi connectivity index (χ0v) is 11.3. The third kappa shape index (κ3) is 6.23. The van der Waals surface area contributed by atoms with Crippen LogP contribution in [0.4, 0.5) is 13.2 Å². The zero-order valence-electron chi connectivity index (χ0n) is 11.3. The lowest BCUT2D eigenvalue weighted by Crippen LogP contribution is -2.34. The van der Waals surface area contributed by atoms with Gasteiger partial charge >= 0.3 is 6.18 Å². The number of benzene rings is 1. The van der Waals surface area contributed by atoms with Crippen molar-refractivity contribution in [2.75, 3.05) is 19.8 Å². The minimum Gasteiger partial charge on any atom is -0.490 e. The summed E-state index contributed by atoms with van der Waals surface area (Å²) < 4.78 is 40.8. The Morgan fingerprint density at radius 2 is 1.85 bits per heavy atom. The molecule has 114 valence electrons. The van der Waals surface area contributed by atoms with Gasteiger partial charge in [-0.3, -0.25) is 4.84 Å². The second-order valence-electron chi connectivity index (χ2n) is 4.44. The third-order valence-corrected chi connectivity index (χ3v) is 2.49. The third-order valence-electron chi connectivity index (χ3n) is 2.49. The molecule has 1 atom stereocenters. The van der Waals surface area contributed by atoms with Crippen LogP contribution in [-0.2, 0) is 4.84 Å². The fourth-order valence-corrected chi connectivity index (χ4v) is 1.55. The normalized spacial score (nSPS) is 13.3. The molecule has 20 heavy (non-hydrogen) atoms. The summed E-state index contributed by atoms with van der Waals surface area (Å²) in [6.45, 7) is 2.16. The van der Waals surface area contributed by atoms with Crippen LogP contribution in [0.15, 0.2) is 18.2 Å². The number of rotatable bonds is 7. The van der Waals surface area contributed by atoms with Crippen molar-refractivity contribution in [3.8, 4) is 5.75 Å². The van der Waals surface area contributed by atoms with Gasteiger partial charge in [-0.05, 0) is 25.0 Å². The maximum Gasteiger partial charge on any atom is 0.413 e. The summed E-state index contributed by atoms with van der Waals surface area (Å²) in [7, 11) is 0. The summed E-state index contributed by atoms with van der Waals surface area (Å²) in [5.74, 6) is 0.669. The number of aliphatic hydroxyl groups is 1. The Morgan fingerprint density at radius 1 is 1.25 bits per heavy atom. The molecule has 0 amide bonds. The smallest absolute Gasteiger partial charge is 0.413 e. The summed E-state index contributed by atoms with van der Waals surface area (Å²) in [6, 6.07) is 5.64. The van der Waals surface area contributed by atoms with E-state index in [-0.39, 0.29) is 13.2 Å². The van der Waals surface area contributed by atoms with Crippen LogP contribution in [0.5, 0.6) is 5.75 Å². The van der Waals surface area contributed by atoms with Crippen molar-refractivity contribution in [2.24, 2.45) is 0 Å². The van der Waals surface area contributed by atoms with E-state index in [4.69, 9.17) is 4.74 Å². The van der Waals surface area contributed by atoms with Gasteiger partial charge in [-0.25, -0.2) is 0 Å². The first-order chi connectivity index (χ1) is 9.29. The van der Waals surface area contributed by atoms with Gasteiger partial charge in [-0.2, -0.15) is 18.7 Å². The van der Waals surface area contributed by atoms with E-state index < -0.39 is 18.9 Å². The van der Waals surface area contributed by atoms with Gasteiger partial charge < -0.3 is 9.84 Å². The lowest BCUT2D eigenvalue weighted by molar-refractivity contribution is -0.191. The Balaban J connectivity index is 2.28. The van der Waals surface area contributed by atoms with Crippen LogP contribution in [0.2, 0.25) is 0 Å². The van der Waals surface area contributed by atoms with Crippen molar-refractivity contribution < 1.29 is 27.9 Å². The number of para-hydroxylation sites is 1. The van der Waals surface area contributed by atoms with Crippen LogP contribution in [0, 0.1) is 13.8 Å². The number of alkyl halides is 3. The Bertz CT molecular complexity index is 404. The fraction of sp³-hybridized carbons (Fsp3) is 0.538. The van der Waals surface area contributed by atoms with Crippen molar-refractivity contribution in [2.45, 2.75) is 26.1 Å². The van der Waals surface area contributed by atoms with E-state index >= 15 is 0 Å². The van der Waals surface area contributed by atoms with Crippen LogP contribution in [0.25, 0.3) is 0 Å². The molecule has 1 aromatic rings. The predicted molar refractivity (Wildman–Crippen MR) is 67.4 cm³/mol. The summed E-state index contributed by atoms with van der Waals surface area (Å²) >= 11 is 0. The molecule has 0 bridgehead atoms. The molecule has 0 fully saturated rings. The number of aryl methyl sites for hydroxylation is 2. The standard InChI is InChI=1S/C13H18F3NO3/c1-9-4-3-5-10(2)12(9)19-7-11(18)6-17-20-8-13(14,15)16/h3-5,11,17-18H,6-8H2,1-2H3. The molecule has 7 heteroatoms. The molecule has 0 saturated carbocycles. The molecule has 0 aliphatic rings. The predicted octanol–water partition coefficient (Wildman–Crippen LogP) is 2.13. The molecule has 0 aromatic heterocycles. The van der Waals surface area contributed by atoms with Gasteiger partial charge in [-0.15, -0.1) is 0 Å². The van der Waals surface area contributed by atoms with E-state index in [2.05, 4.69) is 10.3 Å². The Hall–Kier alpha value is -1.31. The molecule has 0 saturated heterocycles. The molecule has 0 radical (unpaired) electrons. The molecule has 0 aliphatic carbocycles. The van der Waals surface area contributed by atoms with E-state index in [1.165, 1.54) is 0 Å². The molecular formula is C13H18F3NO3. The van der Waals surface area contributed by atoms with Crippen LogP contribution in [-0.4, -0.2) is 37.1 Å². The molecule has 1 unspecified atom stereocenters. The van der Waals surface area contributed by atoms with Crippen LogP contribution in [0.3, 0.4) is 0 Å². The average Bonchev–Trinajstić information content (AvgIpc) is 2.33. The second kappa shape index (κ2) is 7.47. The summed E-state index contributed by atoms with van der Waals surface area (Å²) in [5, 5.41) is 9.57. The summed E-state index contributed by atoms with van der Waals surface area (Å²) in [6.07, 6.45) is -5.37. The SMILES string of the molecule is Cc1cccc(C)c1OCC(O)CNOCC(F)(F)F. The molecule has 2 N–H and O–H groups in total. The number of hydrogen-bond donors (Lipinski definition) is 2. The molecule has 0 spiro atoms. The summed E-state index contributed by atoms with van der Waals surface area (Å²) in [4.78, 5) is 4.18. The van der Waals surface area contributed by atoms with Crippen molar-refractivity contribution >= 4 is 0 Å². The van der Waals surface area contributed by atoms with Crippen LogP contribution >= 0.6 is 0 Å². The van der Waals surface area contributed by atoms with Gasteiger partial charge in [0.25, 0.3) is 0 Å². The maximum absolute atomic E-state index is 11.8. The topological polar surface area (TPSA) is 50.7 Å². The van der Waals surface area contributed by atoms with Gasteiger partial charge in [0.1, 0.15) is 18.5 Å². The first kappa shape index (κ1) is 16.7. The molecule has 0 heterocycles. The summed E-state index contributed by atoms with van der Waals surface area (Å²) in [5.41, 5.74) is 3.92. The highest BCUT2D eigenvalue weighted by molar-refractivity contribution is 5.39. The van der Waals surface area contributed by atoms with E-state index in [0.29, 0.717) is 5.75 Å². The highest BCUT2D eigenvalue weighted by Crippen LogP contribution is 2.22. The van der Waals surface area contributed by atoms with Crippen molar-refractivity contribution in [1.29, 1.82) is 0 Å². The number of hydroxylamine groups is 1. The zero-order chi connectivity index (χ0) is 15.2. The average molecular weight is 293 g/mol. The van der Waals surface area contributed by atoms with E-state index in [0.717, 1.165) is 11.1 Å². The number of ether oxygens (including phenoxy) is 1. The maximum atomic E-state index is 11.8. The first-order valence-electron chi connectivity index (χ1n) is 6.08. The molecule has 1 rings (SSSR count). The Morgan fingerprint density at radius 3 is 2.40 bits per heavy atom. The van der Waals surface area contributed by atoms with E-state index in [1.54, 1.807) is 0 Å². The van der Waals surface area contributed by atoms with E-state index in [1.807, 2.05) is 32.0 Å². The minimum absolute atomic E-state index is 0.0337. The highest BCUT2D eigenvalue weighted by atomic mass is 19.4. The first-order valence-corrected chi connectivity index (χ1v) is 6.08. The van der Waals surface area contributed by atoms with Gasteiger partial charge in [0.05, 0.1) is 6.54 Å². The number of aliphatic hydroxyl groups excluding tert-OH is 1. The quantitative estimate of drug-likeness (QED) is 0.597. The van der Waals surface area contributed by atoms with Crippen molar-refractivity contribution in [1.82, 2.24) is 5.48 Å². The fourth-order valence-electron chi connectivity index (χ4n) is 1.55. The lowest BCUT2D eigenvalue weighted by Gasteiger charge is -2.16. The molecule has 1 aromatic carbocycles. The van der Waals surface area contributed by atoms with Gasteiger partial charge in [0, 0.05) is 0 Å². The molecular weight excluding hydrogens is 275 g/mol. The van der Waals surface area contributed by atoms with Crippen LogP contribution < -0.4 is 10.2 Å². The van der Waals surface area contributed by atoms with Gasteiger partial charge in [-0.1, -0.05) is 18.2 Å². The Kier molecular flexibility index (Phi) is 6.25. The van der Waals surface area contributed by atoms with Crippen LogP contribution in [0.1, 0.15) is 11.1 Å². The van der Waals surface area contributed by atoms with E-state index in [9.17, 15) is 18.3 Å². The molecule has 0 aliphatic heterocycles. The molecule has 4 nitrogen and oxygen atoms in total. The van der Waals surface area contributed by atoms with Crippen molar-refractivity contribution in [3.05, 3.63) is 29.3 Å². The lowest BCUT2D eigenvalue weighted by atomic mass is 10.1. The highest BCUT2D eigenvalue weighted by Gasteiger charge is 2.27. The van der Waals surface area contributed by atoms with Gasteiger partial charge in [0.15, 0.2) is 6.61 Å². The largest absolute Gasteiger partial charge is 0.490 e. The second-order valence-corrected chi connectivity index (χ2v) is 4.44.